The van der Waals surface area contributed by atoms with E-state index in [0.29, 0.717) is 22.7 Å². The monoisotopic (exact) mass is 359 g/mol. The summed E-state index contributed by atoms with van der Waals surface area (Å²) in [5.41, 5.74) is 1.72. The molecule has 1 aromatic rings. The molecule has 1 heterocycles. The first kappa shape index (κ1) is 17.7. The lowest BCUT2D eigenvalue weighted by Gasteiger charge is -2.17. The molecule has 2 amide bonds. The number of ether oxygens (including phenoxy) is 1. The summed E-state index contributed by atoms with van der Waals surface area (Å²) >= 11 is 1.40. The smallest absolute Gasteiger partial charge is 0.257 e. The van der Waals surface area contributed by atoms with Crippen LogP contribution in [0.5, 0.6) is 5.75 Å². The molecule has 1 aromatic carbocycles. The van der Waals surface area contributed by atoms with Crippen molar-refractivity contribution in [1.82, 2.24) is 5.32 Å². The van der Waals surface area contributed by atoms with Crippen LogP contribution in [0, 0.1) is 5.92 Å². The number of carbonyl (C=O) groups excluding carboxylic acids is 2. The Balaban J connectivity index is 1.57. The van der Waals surface area contributed by atoms with Crippen molar-refractivity contribution in [3.05, 3.63) is 29.8 Å². The summed E-state index contributed by atoms with van der Waals surface area (Å²) in [5, 5.41) is 3.35. The molecule has 1 aliphatic heterocycles. The summed E-state index contributed by atoms with van der Waals surface area (Å²) in [4.78, 5) is 32.7. The van der Waals surface area contributed by atoms with Crippen molar-refractivity contribution in [2.75, 3.05) is 7.11 Å². The van der Waals surface area contributed by atoms with Crippen LogP contribution >= 0.6 is 11.8 Å². The highest BCUT2D eigenvalue weighted by Gasteiger charge is 2.31. The molecule has 0 spiro atoms. The van der Waals surface area contributed by atoms with Crippen LogP contribution in [0.1, 0.15) is 31.7 Å². The molecule has 0 bridgehead atoms. The van der Waals surface area contributed by atoms with Gasteiger partial charge in [0.15, 0.2) is 5.17 Å². The van der Waals surface area contributed by atoms with Crippen LogP contribution in [0.15, 0.2) is 34.3 Å². The molecule has 1 unspecified atom stereocenters. The second kappa shape index (κ2) is 7.82. The first-order valence-corrected chi connectivity index (χ1v) is 9.26. The molecule has 1 atom stereocenters. The Morgan fingerprint density at radius 1 is 1.36 bits per heavy atom. The number of aliphatic imine (C=N–C) groups is 2. The maximum atomic E-state index is 12.3. The molecular weight excluding hydrogens is 338 g/mol. The van der Waals surface area contributed by atoms with Gasteiger partial charge < -0.3 is 10.1 Å². The van der Waals surface area contributed by atoms with Crippen LogP contribution in [0.2, 0.25) is 0 Å². The molecule has 2 aliphatic rings. The molecule has 1 saturated carbocycles. The summed E-state index contributed by atoms with van der Waals surface area (Å²) in [6.07, 6.45) is 2.18. The quantitative estimate of drug-likeness (QED) is 0.846. The molecule has 1 fully saturated rings. The number of methoxy groups -OCH3 is 1. The minimum atomic E-state index is -0.542. The van der Waals surface area contributed by atoms with Gasteiger partial charge in [-0.3, -0.25) is 9.59 Å². The highest BCUT2D eigenvalue weighted by molar-refractivity contribution is 8.13. The van der Waals surface area contributed by atoms with Crippen molar-refractivity contribution in [2.45, 2.75) is 38.0 Å². The van der Waals surface area contributed by atoms with Crippen molar-refractivity contribution >= 4 is 34.5 Å². The summed E-state index contributed by atoms with van der Waals surface area (Å²) in [6, 6.07) is 8.03. The first-order valence-electron chi connectivity index (χ1n) is 8.28. The lowest BCUT2D eigenvalue weighted by Crippen LogP contribution is -2.34. The van der Waals surface area contributed by atoms with Crippen LogP contribution in [-0.2, 0) is 15.3 Å². The molecule has 3 rings (SSSR count). The van der Waals surface area contributed by atoms with E-state index in [9.17, 15) is 9.59 Å². The number of nitrogens with zero attached hydrogens (tertiary/aromatic N) is 2. The van der Waals surface area contributed by atoms with E-state index in [1.165, 1.54) is 11.8 Å². The van der Waals surface area contributed by atoms with E-state index in [-0.39, 0.29) is 18.2 Å². The number of carbonyl (C=O) groups is 2. The minimum Gasteiger partial charge on any atom is -0.497 e. The van der Waals surface area contributed by atoms with Crippen molar-refractivity contribution in [3.63, 3.8) is 0 Å². The number of benzene rings is 1. The van der Waals surface area contributed by atoms with Crippen molar-refractivity contribution < 1.29 is 14.3 Å². The molecule has 0 radical (unpaired) electrons. The largest absolute Gasteiger partial charge is 0.497 e. The lowest BCUT2D eigenvalue weighted by atomic mass is 9.98. The lowest BCUT2D eigenvalue weighted by molar-refractivity contribution is -0.126. The van der Waals surface area contributed by atoms with Crippen LogP contribution in [0.3, 0.4) is 0 Å². The summed E-state index contributed by atoms with van der Waals surface area (Å²) in [7, 11) is 1.63. The molecule has 132 valence electrons. The van der Waals surface area contributed by atoms with Crippen molar-refractivity contribution in [1.29, 1.82) is 0 Å². The zero-order chi connectivity index (χ0) is 17.8. The Morgan fingerprint density at radius 2 is 2.16 bits per heavy atom. The van der Waals surface area contributed by atoms with Gasteiger partial charge in [0.1, 0.15) is 5.75 Å². The van der Waals surface area contributed by atoms with E-state index in [1.54, 1.807) is 14.0 Å². The fourth-order valence-corrected chi connectivity index (χ4v) is 3.35. The van der Waals surface area contributed by atoms with E-state index >= 15 is 0 Å². The van der Waals surface area contributed by atoms with Crippen molar-refractivity contribution in [2.24, 2.45) is 15.9 Å². The van der Waals surface area contributed by atoms with Crippen LogP contribution < -0.4 is 10.1 Å². The number of amidine groups is 1. The van der Waals surface area contributed by atoms with E-state index in [2.05, 4.69) is 15.3 Å². The van der Waals surface area contributed by atoms with Gasteiger partial charge in [-0.15, -0.1) is 0 Å². The molecule has 1 N–H and O–H groups in total. The second-order valence-electron chi connectivity index (χ2n) is 6.22. The summed E-state index contributed by atoms with van der Waals surface area (Å²) in [6.45, 7) is 1.79. The van der Waals surface area contributed by atoms with Crippen LogP contribution in [-0.4, -0.2) is 35.8 Å². The van der Waals surface area contributed by atoms with Gasteiger partial charge in [0.05, 0.1) is 13.0 Å². The minimum absolute atomic E-state index is 0.0990. The average Bonchev–Trinajstić information content (AvgIpc) is 3.40. The Bertz CT molecular complexity index is 741. The second-order valence-corrected chi connectivity index (χ2v) is 7.17. The van der Waals surface area contributed by atoms with Crippen LogP contribution in [0.25, 0.3) is 0 Å². The highest BCUT2D eigenvalue weighted by atomic mass is 32.2. The zero-order valence-electron chi connectivity index (χ0n) is 14.3. The van der Waals surface area contributed by atoms with E-state index < -0.39 is 5.92 Å². The molecule has 6 nitrogen and oxygen atoms in total. The topological polar surface area (TPSA) is 80.1 Å². The molecule has 0 aromatic heterocycles. The van der Waals surface area contributed by atoms with Gasteiger partial charge in [0, 0.05) is 23.9 Å². The third-order valence-corrected chi connectivity index (χ3v) is 5.03. The Kier molecular flexibility index (Phi) is 5.53. The number of thioether (sulfide) groups is 1. The predicted molar refractivity (Wildman–Crippen MR) is 99.1 cm³/mol. The molecule has 7 heteroatoms. The van der Waals surface area contributed by atoms with Gasteiger partial charge in [-0.05, 0) is 37.5 Å². The fraction of sp³-hybridized carbons (Fsp3) is 0.444. The van der Waals surface area contributed by atoms with Gasteiger partial charge in [-0.1, -0.05) is 23.9 Å². The molecule has 25 heavy (non-hydrogen) atoms. The summed E-state index contributed by atoms with van der Waals surface area (Å²) < 4.78 is 5.20. The Morgan fingerprint density at radius 3 is 2.84 bits per heavy atom. The van der Waals surface area contributed by atoms with Gasteiger partial charge in [-0.25, -0.2) is 4.99 Å². The van der Waals surface area contributed by atoms with E-state index in [4.69, 9.17) is 4.74 Å². The fourth-order valence-electron chi connectivity index (χ4n) is 2.51. The number of rotatable bonds is 6. The highest BCUT2D eigenvalue weighted by Crippen LogP contribution is 2.24. The van der Waals surface area contributed by atoms with E-state index in [1.807, 2.05) is 24.3 Å². The van der Waals surface area contributed by atoms with Crippen molar-refractivity contribution in [3.8, 4) is 5.75 Å². The van der Waals surface area contributed by atoms with Crippen LogP contribution in [0.4, 0.5) is 0 Å². The Labute approximate surface area is 151 Å². The average molecular weight is 359 g/mol. The molecular formula is C18H21N3O3S. The number of amides is 2. The van der Waals surface area contributed by atoms with Gasteiger partial charge in [0.2, 0.25) is 5.91 Å². The number of hydrogen-bond donors (Lipinski definition) is 1. The SMILES string of the molecule is COc1cccc(CSC2=NC(=O)C(CC(=O)NC3CC3)C(C)=N2)c1. The standard InChI is InChI=1S/C18H21N3O3S/c1-11-15(9-16(22)20-13-6-7-13)17(23)21-18(19-11)25-10-12-4-3-5-14(8-12)24-2/h3-5,8,13,15H,6-7,9-10H2,1-2H3,(H,20,22). The Hall–Kier alpha value is -2.15. The molecule has 1 aliphatic carbocycles. The number of hydrogen-bond acceptors (Lipinski definition) is 5. The summed E-state index contributed by atoms with van der Waals surface area (Å²) in [5.74, 6) is 0.512. The third kappa shape index (κ3) is 4.92. The van der Waals surface area contributed by atoms with Gasteiger partial charge >= 0.3 is 0 Å². The van der Waals surface area contributed by atoms with Gasteiger partial charge in [0.25, 0.3) is 5.91 Å². The first-order chi connectivity index (χ1) is 12.0. The molecule has 0 saturated heterocycles. The predicted octanol–water partition coefficient (Wildman–Crippen LogP) is 2.57. The van der Waals surface area contributed by atoms with Gasteiger partial charge in [-0.2, -0.15) is 4.99 Å². The number of nitrogens with one attached hydrogen (secondary N) is 1. The maximum absolute atomic E-state index is 12.3. The van der Waals surface area contributed by atoms with E-state index in [0.717, 1.165) is 24.2 Å². The zero-order valence-corrected chi connectivity index (χ0v) is 15.1. The third-order valence-electron chi connectivity index (χ3n) is 4.11. The maximum Gasteiger partial charge on any atom is 0.257 e. The normalized spacial score (nSPS) is 19.9.